The molecule has 0 amide bonds. The van der Waals surface area contributed by atoms with Crippen molar-refractivity contribution in [2.75, 3.05) is 7.05 Å². The van der Waals surface area contributed by atoms with Crippen molar-refractivity contribution in [2.24, 2.45) is 0 Å². The minimum absolute atomic E-state index is 0. The highest BCUT2D eigenvalue weighted by Crippen LogP contribution is 2.26. The summed E-state index contributed by atoms with van der Waals surface area (Å²) in [7, 11) is 1.99. The Bertz CT molecular complexity index is 275. The van der Waals surface area contributed by atoms with Crippen molar-refractivity contribution < 1.29 is 0 Å². The molecule has 0 spiro atoms. The molecule has 0 saturated heterocycles. The second-order valence-corrected chi connectivity index (χ2v) is 4.55. The van der Waals surface area contributed by atoms with Crippen LogP contribution in [-0.2, 0) is 6.54 Å². The predicted octanol–water partition coefficient (Wildman–Crippen LogP) is 4.51. The van der Waals surface area contributed by atoms with Crippen LogP contribution in [0.5, 0.6) is 0 Å². The molecule has 98 valence electrons. The van der Waals surface area contributed by atoms with Crippen LogP contribution < -0.4 is 5.32 Å². The van der Waals surface area contributed by atoms with E-state index in [0.717, 1.165) is 12.5 Å². The number of hydrogen-bond acceptors (Lipinski definition) is 1. The van der Waals surface area contributed by atoms with Gasteiger partial charge in [-0.3, -0.25) is 0 Å². The Morgan fingerprint density at radius 2 is 1.53 bits per heavy atom. The van der Waals surface area contributed by atoms with Gasteiger partial charge in [0.2, 0.25) is 0 Å². The maximum Gasteiger partial charge on any atom is 0.0202 e. The Morgan fingerprint density at radius 1 is 1.00 bits per heavy atom. The minimum Gasteiger partial charge on any atom is -0.316 e. The van der Waals surface area contributed by atoms with Gasteiger partial charge in [-0.25, -0.2) is 0 Å². The molecule has 1 N–H and O–H groups in total. The van der Waals surface area contributed by atoms with Crippen molar-refractivity contribution in [1.29, 1.82) is 0 Å². The third-order valence-corrected chi connectivity index (χ3v) is 3.11. The first kappa shape index (κ1) is 16.5. The number of hydrogen-bond donors (Lipinski definition) is 1. The fourth-order valence-corrected chi connectivity index (χ4v) is 2.29. The van der Waals surface area contributed by atoms with Gasteiger partial charge in [0.05, 0.1) is 0 Å². The molecule has 2 heteroatoms. The third kappa shape index (κ3) is 5.56. The second-order valence-electron chi connectivity index (χ2n) is 4.55. The van der Waals surface area contributed by atoms with Gasteiger partial charge in [0.25, 0.3) is 0 Å². The first-order valence-corrected chi connectivity index (χ1v) is 6.55. The minimum atomic E-state index is 0. The maximum atomic E-state index is 3.18. The molecule has 1 rings (SSSR count). The lowest BCUT2D eigenvalue weighted by molar-refractivity contribution is 0.560. The van der Waals surface area contributed by atoms with E-state index in [1.165, 1.54) is 36.8 Å². The number of nitrogens with one attached hydrogen (secondary N) is 1. The van der Waals surface area contributed by atoms with Gasteiger partial charge >= 0.3 is 0 Å². The van der Waals surface area contributed by atoms with E-state index in [2.05, 4.69) is 43.4 Å². The van der Waals surface area contributed by atoms with Gasteiger partial charge < -0.3 is 5.32 Å². The van der Waals surface area contributed by atoms with Crippen molar-refractivity contribution >= 4 is 12.4 Å². The molecule has 1 nitrogen and oxygen atoms in total. The van der Waals surface area contributed by atoms with E-state index in [9.17, 15) is 0 Å². The van der Waals surface area contributed by atoms with E-state index < -0.39 is 0 Å². The molecule has 1 aromatic carbocycles. The van der Waals surface area contributed by atoms with Crippen molar-refractivity contribution in [3.05, 3.63) is 35.4 Å². The molecule has 0 unspecified atom stereocenters. The average molecular weight is 256 g/mol. The van der Waals surface area contributed by atoms with Gasteiger partial charge in [-0.1, -0.05) is 51.0 Å². The van der Waals surface area contributed by atoms with Crippen LogP contribution >= 0.6 is 12.4 Å². The van der Waals surface area contributed by atoms with Gasteiger partial charge in [0.15, 0.2) is 0 Å². The number of rotatable bonds is 7. The van der Waals surface area contributed by atoms with E-state index >= 15 is 0 Å². The summed E-state index contributed by atoms with van der Waals surface area (Å²) in [5.41, 5.74) is 2.89. The number of halogens is 1. The van der Waals surface area contributed by atoms with Gasteiger partial charge in [-0.05, 0) is 36.9 Å². The zero-order valence-corrected chi connectivity index (χ0v) is 12.1. The Kier molecular flexibility index (Phi) is 9.20. The van der Waals surface area contributed by atoms with E-state index in [1.807, 2.05) is 7.05 Å². The van der Waals surface area contributed by atoms with Crippen LogP contribution in [0.1, 0.15) is 56.6 Å². The first-order valence-electron chi connectivity index (χ1n) is 6.55. The van der Waals surface area contributed by atoms with E-state index in [0.29, 0.717) is 0 Å². The van der Waals surface area contributed by atoms with Crippen molar-refractivity contribution in [1.82, 2.24) is 5.32 Å². The van der Waals surface area contributed by atoms with Gasteiger partial charge in [-0.15, -0.1) is 12.4 Å². The summed E-state index contributed by atoms with van der Waals surface area (Å²) in [6, 6.07) is 9.12. The van der Waals surface area contributed by atoms with E-state index in [-0.39, 0.29) is 12.4 Å². The lowest BCUT2D eigenvalue weighted by Crippen LogP contribution is -2.05. The molecular formula is C15H26ClN. The fraction of sp³-hybridized carbons (Fsp3) is 0.600. The molecule has 17 heavy (non-hydrogen) atoms. The van der Waals surface area contributed by atoms with Crippen LogP contribution in [0.15, 0.2) is 24.3 Å². The monoisotopic (exact) mass is 255 g/mol. The first-order chi connectivity index (χ1) is 7.81. The topological polar surface area (TPSA) is 12.0 Å². The quantitative estimate of drug-likeness (QED) is 0.756. The fourth-order valence-electron chi connectivity index (χ4n) is 2.29. The maximum absolute atomic E-state index is 3.18. The predicted molar refractivity (Wildman–Crippen MR) is 79.0 cm³/mol. The van der Waals surface area contributed by atoms with Crippen LogP contribution in [-0.4, -0.2) is 7.05 Å². The molecule has 1 aromatic rings. The molecule has 0 saturated carbocycles. The molecular weight excluding hydrogens is 230 g/mol. The molecule has 0 aliphatic carbocycles. The number of benzene rings is 1. The Labute approximate surface area is 112 Å². The van der Waals surface area contributed by atoms with Gasteiger partial charge in [0, 0.05) is 6.54 Å². The third-order valence-electron chi connectivity index (χ3n) is 3.11. The van der Waals surface area contributed by atoms with Gasteiger partial charge in [-0.2, -0.15) is 0 Å². The van der Waals surface area contributed by atoms with E-state index in [4.69, 9.17) is 0 Å². The molecule has 0 aromatic heterocycles. The lowest BCUT2D eigenvalue weighted by atomic mass is 9.90. The average Bonchev–Trinajstić information content (AvgIpc) is 2.30. The summed E-state index contributed by atoms with van der Waals surface area (Å²) in [4.78, 5) is 0. The smallest absolute Gasteiger partial charge is 0.0202 e. The highest BCUT2D eigenvalue weighted by molar-refractivity contribution is 5.85. The van der Waals surface area contributed by atoms with Gasteiger partial charge in [0.1, 0.15) is 0 Å². The summed E-state index contributed by atoms with van der Waals surface area (Å²) in [5.74, 6) is 0.763. The van der Waals surface area contributed by atoms with E-state index in [1.54, 1.807) is 0 Å². The Morgan fingerprint density at radius 3 is 1.94 bits per heavy atom. The largest absolute Gasteiger partial charge is 0.316 e. The molecule has 0 heterocycles. The zero-order chi connectivity index (χ0) is 11.8. The van der Waals surface area contributed by atoms with Crippen LogP contribution in [0.4, 0.5) is 0 Å². The molecule has 0 fully saturated rings. The van der Waals surface area contributed by atoms with Crippen molar-refractivity contribution in [2.45, 2.75) is 52.0 Å². The summed E-state index contributed by atoms with van der Waals surface area (Å²) < 4.78 is 0. The SMILES string of the molecule is CCCC(CCC)c1ccc(CNC)cc1.Cl. The normalized spacial score (nSPS) is 10.4. The molecule has 0 aliphatic heterocycles. The lowest BCUT2D eigenvalue weighted by Gasteiger charge is -2.16. The second kappa shape index (κ2) is 9.49. The molecule has 0 radical (unpaired) electrons. The van der Waals surface area contributed by atoms with Crippen molar-refractivity contribution in [3.63, 3.8) is 0 Å². The van der Waals surface area contributed by atoms with Crippen LogP contribution in [0.25, 0.3) is 0 Å². The van der Waals surface area contributed by atoms with Crippen molar-refractivity contribution in [3.8, 4) is 0 Å². The molecule has 0 aliphatic rings. The van der Waals surface area contributed by atoms with Crippen LogP contribution in [0, 0.1) is 0 Å². The Hall–Kier alpha value is -0.530. The summed E-state index contributed by atoms with van der Waals surface area (Å²) in [5, 5.41) is 3.18. The molecule has 0 bridgehead atoms. The standard InChI is InChI=1S/C15H25N.ClH/c1-4-6-14(7-5-2)15-10-8-13(9-11-15)12-16-3;/h8-11,14,16H,4-7,12H2,1-3H3;1H. The summed E-state index contributed by atoms with van der Waals surface area (Å²) in [6.45, 7) is 5.52. The zero-order valence-electron chi connectivity index (χ0n) is 11.3. The summed E-state index contributed by atoms with van der Waals surface area (Å²) >= 11 is 0. The Balaban J connectivity index is 0.00000256. The highest BCUT2D eigenvalue weighted by Gasteiger charge is 2.08. The highest BCUT2D eigenvalue weighted by atomic mass is 35.5. The van der Waals surface area contributed by atoms with Crippen LogP contribution in [0.3, 0.4) is 0 Å². The van der Waals surface area contributed by atoms with Crippen LogP contribution in [0.2, 0.25) is 0 Å². The summed E-state index contributed by atoms with van der Waals surface area (Å²) in [6.07, 6.45) is 5.20. The molecule has 0 atom stereocenters.